The van der Waals surface area contributed by atoms with E-state index in [1.54, 1.807) is 31.4 Å². The highest BCUT2D eigenvalue weighted by Gasteiger charge is 2.26. The number of hydrazone groups is 1. The lowest BCUT2D eigenvalue weighted by Crippen LogP contribution is -2.29. The SMILES string of the molecule is COC[C@@H]1CCN(C(=O)c2ccc(N=CC(=NN)c3cc4cc(F)ccc4[nH]c3=O)cc2)C1. The maximum absolute atomic E-state index is 13.6. The van der Waals surface area contributed by atoms with Crippen molar-refractivity contribution in [2.24, 2.45) is 21.9 Å². The lowest BCUT2D eigenvalue weighted by molar-refractivity contribution is 0.0775. The van der Waals surface area contributed by atoms with Crippen LogP contribution >= 0.6 is 0 Å². The van der Waals surface area contributed by atoms with Gasteiger partial charge in [0.15, 0.2) is 0 Å². The molecule has 0 bridgehead atoms. The number of H-pyrrole nitrogens is 1. The molecular weight excluding hydrogens is 425 g/mol. The van der Waals surface area contributed by atoms with Gasteiger partial charge in [-0.1, -0.05) is 0 Å². The number of likely N-dealkylation sites (tertiary alicyclic amines) is 1. The van der Waals surface area contributed by atoms with E-state index in [1.807, 2.05) is 4.90 Å². The first-order valence-electron chi connectivity index (χ1n) is 10.5. The van der Waals surface area contributed by atoms with Crippen LogP contribution in [-0.4, -0.2) is 54.5 Å². The number of amides is 1. The average Bonchev–Trinajstić information content (AvgIpc) is 3.29. The first kappa shape index (κ1) is 22.3. The molecule has 1 aliphatic rings. The van der Waals surface area contributed by atoms with Crippen LogP contribution in [0, 0.1) is 11.7 Å². The number of methoxy groups -OCH3 is 1. The topological polar surface area (TPSA) is 113 Å². The van der Waals surface area contributed by atoms with Crippen molar-refractivity contribution in [3.63, 3.8) is 0 Å². The Kier molecular flexibility index (Phi) is 6.60. The Morgan fingerprint density at radius 3 is 2.79 bits per heavy atom. The number of hydrogen-bond acceptors (Lipinski definition) is 6. The van der Waals surface area contributed by atoms with Crippen molar-refractivity contribution in [1.82, 2.24) is 9.88 Å². The average molecular weight is 449 g/mol. The number of carbonyl (C=O) groups excluding carboxylic acids is 1. The molecule has 1 amide bonds. The van der Waals surface area contributed by atoms with E-state index in [9.17, 15) is 14.0 Å². The van der Waals surface area contributed by atoms with E-state index in [0.717, 1.165) is 6.42 Å². The van der Waals surface area contributed by atoms with Crippen LogP contribution < -0.4 is 11.4 Å². The third kappa shape index (κ3) is 4.98. The summed E-state index contributed by atoms with van der Waals surface area (Å²) < 4.78 is 18.7. The second kappa shape index (κ2) is 9.74. The van der Waals surface area contributed by atoms with Gasteiger partial charge in [0.25, 0.3) is 11.5 Å². The monoisotopic (exact) mass is 449 g/mol. The van der Waals surface area contributed by atoms with Crippen LogP contribution in [0.25, 0.3) is 10.9 Å². The number of hydrogen-bond donors (Lipinski definition) is 2. The third-order valence-electron chi connectivity index (χ3n) is 5.65. The number of aromatic nitrogens is 1. The molecule has 2 heterocycles. The van der Waals surface area contributed by atoms with Gasteiger partial charge in [0.2, 0.25) is 0 Å². The largest absolute Gasteiger partial charge is 0.384 e. The number of carbonyl (C=O) groups is 1. The highest BCUT2D eigenvalue weighted by Crippen LogP contribution is 2.20. The summed E-state index contributed by atoms with van der Waals surface area (Å²) in [6, 6.07) is 12.4. The normalized spacial score (nSPS) is 16.7. The van der Waals surface area contributed by atoms with Crippen molar-refractivity contribution in [1.29, 1.82) is 0 Å². The molecule has 0 spiro atoms. The van der Waals surface area contributed by atoms with Crippen molar-refractivity contribution in [2.75, 3.05) is 26.8 Å². The fourth-order valence-corrected chi connectivity index (χ4v) is 3.94. The lowest BCUT2D eigenvalue weighted by Gasteiger charge is -2.16. The van der Waals surface area contributed by atoms with E-state index >= 15 is 0 Å². The Morgan fingerprint density at radius 2 is 2.06 bits per heavy atom. The fourth-order valence-electron chi connectivity index (χ4n) is 3.94. The molecule has 0 saturated carbocycles. The minimum absolute atomic E-state index is 0.0247. The molecule has 3 N–H and O–H groups in total. The maximum Gasteiger partial charge on any atom is 0.258 e. The van der Waals surface area contributed by atoms with Gasteiger partial charge in [0, 0.05) is 42.6 Å². The summed E-state index contributed by atoms with van der Waals surface area (Å²) in [7, 11) is 1.67. The summed E-state index contributed by atoms with van der Waals surface area (Å²) in [4.78, 5) is 34.0. The number of ether oxygens (including phenoxy) is 1. The van der Waals surface area contributed by atoms with Gasteiger partial charge in [-0.15, -0.1) is 0 Å². The van der Waals surface area contributed by atoms with Crippen molar-refractivity contribution in [3.05, 3.63) is 75.8 Å². The van der Waals surface area contributed by atoms with Gasteiger partial charge in [-0.2, -0.15) is 5.10 Å². The first-order valence-corrected chi connectivity index (χ1v) is 10.5. The number of nitrogens with one attached hydrogen (secondary N) is 1. The lowest BCUT2D eigenvalue weighted by atomic mass is 10.1. The maximum atomic E-state index is 13.6. The zero-order valence-electron chi connectivity index (χ0n) is 18.1. The summed E-state index contributed by atoms with van der Waals surface area (Å²) in [6.07, 6.45) is 2.30. The predicted molar refractivity (Wildman–Crippen MR) is 126 cm³/mol. The van der Waals surface area contributed by atoms with Gasteiger partial charge in [0.1, 0.15) is 11.5 Å². The number of nitrogens with two attached hydrogens (primary N) is 1. The van der Waals surface area contributed by atoms with Gasteiger partial charge in [-0.3, -0.25) is 14.6 Å². The number of pyridine rings is 1. The quantitative estimate of drug-likeness (QED) is 0.342. The van der Waals surface area contributed by atoms with Crippen molar-refractivity contribution in [3.8, 4) is 0 Å². The van der Waals surface area contributed by atoms with Gasteiger partial charge in [-0.05, 0) is 55.0 Å². The van der Waals surface area contributed by atoms with E-state index in [2.05, 4.69) is 15.1 Å². The molecule has 33 heavy (non-hydrogen) atoms. The fraction of sp³-hybridized carbons (Fsp3) is 0.250. The molecule has 8 nitrogen and oxygen atoms in total. The number of halogens is 1. The Balaban J connectivity index is 1.49. The smallest absolute Gasteiger partial charge is 0.258 e. The Labute approximate surface area is 189 Å². The van der Waals surface area contributed by atoms with Gasteiger partial charge in [0.05, 0.1) is 24.1 Å². The second-order valence-electron chi connectivity index (χ2n) is 7.92. The van der Waals surface area contributed by atoms with E-state index in [0.29, 0.717) is 47.8 Å². The number of fused-ring (bicyclic) bond motifs is 1. The van der Waals surface area contributed by atoms with Crippen LogP contribution in [0.15, 0.2) is 63.4 Å². The third-order valence-corrected chi connectivity index (χ3v) is 5.65. The Hall–Kier alpha value is -3.85. The van der Waals surface area contributed by atoms with Crippen LogP contribution in [0.3, 0.4) is 0 Å². The number of rotatable bonds is 6. The van der Waals surface area contributed by atoms with Crippen LogP contribution in [-0.2, 0) is 4.74 Å². The van der Waals surface area contributed by atoms with Crippen LogP contribution in [0.2, 0.25) is 0 Å². The molecule has 1 aliphatic heterocycles. The highest BCUT2D eigenvalue weighted by molar-refractivity contribution is 6.38. The molecule has 1 saturated heterocycles. The van der Waals surface area contributed by atoms with E-state index in [4.69, 9.17) is 10.6 Å². The zero-order valence-corrected chi connectivity index (χ0v) is 18.1. The van der Waals surface area contributed by atoms with Gasteiger partial charge < -0.3 is 20.5 Å². The Morgan fingerprint density at radius 1 is 1.27 bits per heavy atom. The zero-order chi connectivity index (χ0) is 23.4. The van der Waals surface area contributed by atoms with Crippen LogP contribution in [0.4, 0.5) is 10.1 Å². The van der Waals surface area contributed by atoms with Gasteiger partial charge >= 0.3 is 0 Å². The van der Waals surface area contributed by atoms with Gasteiger partial charge in [-0.25, -0.2) is 4.39 Å². The molecule has 170 valence electrons. The van der Waals surface area contributed by atoms with E-state index < -0.39 is 11.4 Å². The Bertz CT molecular complexity index is 1280. The number of benzene rings is 2. The molecule has 1 fully saturated rings. The van der Waals surface area contributed by atoms with Crippen molar-refractivity contribution in [2.45, 2.75) is 6.42 Å². The molecule has 0 radical (unpaired) electrons. The molecule has 0 aliphatic carbocycles. The molecule has 1 atom stereocenters. The highest BCUT2D eigenvalue weighted by atomic mass is 19.1. The standard InChI is InChI=1S/C24H24FN5O3/c1-33-14-15-8-9-30(13-15)24(32)16-2-5-19(6-3-16)27-12-22(29-26)20-11-17-10-18(25)4-7-21(17)28-23(20)31/h2-7,10-12,15H,8-9,13-14,26H2,1H3,(H,28,31)/t15-/m1/s1. The molecule has 1 aromatic heterocycles. The number of aliphatic imine (C=N–C) groups is 1. The second-order valence-corrected chi connectivity index (χ2v) is 7.92. The minimum Gasteiger partial charge on any atom is -0.384 e. The molecule has 0 unspecified atom stereocenters. The van der Waals surface area contributed by atoms with Crippen LogP contribution in [0.1, 0.15) is 22.3 Å². The minimum atomic E-state index is -0.418. The van der Waals surface area contributed by atoms with Crippen molar-refractivity contribution >= 4 is 34.4 Å². The number of aromatic amines is 1. The molecule has 2 aromatic carbocycles. The predicted octanol–water partition coefficient (Wildman–Crippen LogP) is 2.84. The molecule has 3 aromatic rings. The summed E-state index contributed by atoms with van der Waals surface area (Å²) >= 11 is 0. The molecule has 9 heteroatoms. The first-order chi connectivity index (χ1) is 16.0. The van der Waals surface area contributed by atoms with E-state index in [1.165, 1.54) is 30.5 Å². The summed E-state index contributed by atoms with van der Waals surface area (Å²) in [5.41, 5.74) is 1.55. The number of nitrogens with zero attached hydrogens (tertiary/aromatic N) is 3. The van der Waals surface area contributed by atoms with Crippen molar-refractivity contribution < 1.29 is 13.9 Å². The summed E-state index contributed by atoms with van der Waals surface area (Å²) in [5.74, 6) is 5.41. The van der Waals surface area contributed by atoms with Crippen LogP contribution in [0.5, 0.6) is 0 Å². The molecular formula is C24H24FN5O3. The summed E-state index contributed by atoms with van der Waals surface area (Å²) in [6.45, 7) is 2.05. The summed E-state index contributed by atoms with van der Waals surface area (Å²) in [5, 5.41) is 4.18. The molecule has 4 rings (SSSR count). The van der Waals surface area contributed by atoms with E-state index in [-0.39, 0.29) is 17.2 Å².